The minimum Gasteiger partial charge on any atom is -0.378 e. The molecule has 0 aliphatic carbocycles. The van der Waals surface area contributed by atoms with E-state index in [1.807, 2.05) is 0 Å². The van der Waals surface area contributed by atoms with Crippen molar-refractivity contribution < 1.29 is 4.74 Å². The maximum absolute atomic E-state index is 5.85. The van der Waals surface area contributed by atoms with Gasteiger partial charge in [-0.25, -0.2) is 0 Å². The van der Waals surface area contributed by atoms with Gasteiger partial charge in [0.05, 0.1) is 6.10 Å². The molecule has 0 aromatic rings. The molecule has 2 unspecified atom stereocenters. The van der Waals surface area contributed by atoms with E-state index in [0.29, 0.717) is 6.10 Å². The van der Waals surface area contributed by atoms with E-state index in [-0.39, 0.29) is 0 Å². The molecule has 2 heteroatoms. The molecule has 1 aliphatic rings. The topological polar surface area (TPSA) is 21.3 Å². The van der Waals surface area contributed by atoms with E-state index < -0.39 is 0 Å². The van der Waals surface area contributed by atoms with Crippen LogP contribution in [0.15, 0.2) is 0 Å². The molecule has 0 spiro atoms. The molecule has 0 bridgehead atoms. The monoisotopic (exact) mass is 269 g/mol. The third-order valence-electron chi connectivity index (χ3n) is 4.20. The van der Waals surface area contributed by atoms with Crippen LogP contribution in [-0.2, 0) is 4.74 Å². The second kappa shape index (κ2) is 11.7. The van der Waals surface area contributed by atoms with Crippen LogP contribution < -0.4 is 5.32 Å². The highest BCUT2D eigenvalue weighted by Crippen LogP contribution is 2.19. The van der Waals surface area contributed by atoms with Gasteiger partial charge in [-0.1, -0.05) is 39.5 Å². The largest absolute Gasteiger partial charge is 0.378 e. The Morgan fingerprint density at radius 2 is 1.95 bits per heavy atom. The summed E-state index contributed by atoms with van der Waals surface area (Å²) in [4.78, 5) is 0. The first kappa shape index (κ1) is 17.0. The number of unbranched alkanes of at least 4 members (excludes halogenated alkanes) is 3. The third kappa shape index (κ3) is 8.65. The van der Waals surface area contributed by atoms with Crippen LogP contribution in [0.2, 0.25) is 0 Å². The summed E-state index contributed by atoms with van der Waals surface area (Å²) in [6.07, 6.45) is 15.2. The van der Waals surface area contributed by atoms with E-state index in [2.05, 4.69) is 19.2 Å². The standard InChI is InChI=1S/C17H35NO/c1-3-5-6-7-10-16(18-14-4-2)12-13-17-11-8-9-15-19-17/h16-18H,3-15H2,1-2H3. The summed E-state index contributed by atoms with van der Waals surface area (Å²) in [5.41, 5.74) is 0. The SMILES string of the molecule is CCCCCCC(CCC1CCCCO1)NCCC. The van der Waals surface area contributed by atoms with Crippen molar-refractivity contribution >= 4 is 0 Å². The summed E-state index contributed by atoms with van der Waals surface area (Å²) in [7, 11) is 0. The van der Waals surface area contributed by atoms with Gasteiger partial charge in [-0.3, -0.25) is 0 Å². The Hall–Kier alpha value is -0.0800. The molecular formula is C17H35NO. The van der Waals surface area contributed by atoms with Gasteiger partial charge >= 0.3 is 0 Å². The van der Waals surface area contributed by atoms with Crippen LogP contribution in [0.4, 0.5) is 0 Å². The normalized spacial score (nSPS) is 21.5. The number of hydrogen-bond donors (Lipinski definition) is 1. The van der Waals surface area contributed by atoms with Crippen molar-refractivity contribution in [2.24, 2.45) is 0 Å². The van der Waals surface area contributed by atoms with E-state index >= 15 is 0 Å². The fourth-order valence-electron chi connectivity index (χ4n) is 2.94. The quantitative estimate of drug-likeness (QED) is 0.550. The molecule has 114 valence electrons. The third-order valence-corrected chi connectivity index (χ3v) is 4.20. The fraction of sp³-hybridized carbons (Fsp3) is 1.00. The zero-order chi connectivity index (χ0) is 13.8. The van der Waals surface area contributed by atoms with Gasteiger partial charge < -0.3 is 10.1 Å². The van der Waals surface area contributed by atoms with Crippen LogP contribution >= 0.6 is 0 Å². The summed E-state index contributed by atoms with van der Waals surface area (Å²) in [5, 5.41) is 3.73. The number of nitrogens with one attached hydrogen (secondary N) is 1. The second-order valence-corrected chi connectivity index (χ2v) is 6.07. The summed E-state index contributed by atoms with van der Waals surface area (Å²) in [5.74, 6) is 0. The highest BCUT2D eigenvalue weighted by Gasteiger charge is 2.16. The highest BCUT2D eigenvalue weighted by molar-refractivity contribution is 4.71. The van der Waals surface area contributed by atoms with E-state index in [9.17, 15) is 0 Å². The van der Waals surface area contributed by atoms with Gasteiger partial charge in [0, 0.05) is 12.6 Å². The van der Waals surface area contributed by atoms with Gasteiger partial charge in [0.2, 0.25) is 0 Å². The Bertz CT molecular complexity index is 190. The van der Waals surface area contributed by atoms with Gasteiger partial charge in [0.15, 0.2) is 0 Å². The maximum atomic E-state index is 5.85. The lowest BCUT2D eigenvalue weighted by atomic mass is 9.98. The molecule has 2 atom stereocenters. The van der Waals surface area contributed by atoms with Crippen LogP contribution in [0.5, 0.6) is 0 Å². The Kier molecular flexibility index (Phi) is 10.5. The van der Waals surface area contributed by atoms with Crippen molar-refractivity contribution in [3.05, 3.63) is 0 Å². The molecule has 1 heterocycles. The van der Waals surface area contributed by atoms with Crippen LogP contribution in [0.3, 0.4) is 0 Å². The summed E-state index contributed by atoms with van der Waals surface area (Å²) < 4.78 is 5.85. The molecule has 0 aromatic carbocycles. The van der Waals surface area contributed by atoms with Crippen molar-refractivity contribution in [1.82, 2.24) is 5.32 Å². The van der Waals surface area contributed by atoms with Crippen molar-refractivity contribution in [1.29, 1.82) is 0 Å². The lowest BCUT2D eigenvalue weighted by molar-refractivity contribution is 0.00841. The van der Waals surface area contributed by atoms with Crippen molar-refractivity contribution in [2.45, 2.75) is 96.6 Å². The van der Waals surface area contributed by atoms with Crippen molar-refractivity contribution in [2.75, 3.05) is 13.2 Å². The highest BCUT2D eigenvalue weighted by atomic mass is 16.5. The zero-order valence-corrected chi connectivity index (χ0v) is 13.3. The average Bonchev–Trinajstić information content (AvgIpc) is 2.46. The molecule has 2 nitrogen and oxygen atoms in total. The predicted molar refractivity (Wildman–Crippen MR) is 83.7 cm³/mol. The maximum Gasteiger partial charge on any atom is 0.0575 e. The van der Waals surface area contributed by atoms with Crippen LogP contribution in [0.1, 0.15) is 84.5 Å². The first-order valence-electron chi connectivity index (χ1n) is 8.71. The van der Waals surface area contributed by atoms with Crippen molar-refractivity contribution in [3.8, 4) is 0 Å². The first-order valence-corrected chi connectivity index (χ1v) is 8.71. The van der Waals surface area contributed by atoms with E-state index in [0.717, 1.165) is 12.6 Å². The molecule has 1 rings (SSSR count). The van der Waals surface area contributed by atoms with Gasteiger partial charge in [-0.15, -0.1) is 0 Å². The van der Waals surface area contributed by atoms with Gasteiger partial charge in [-0.05, 0) is 51.5 Å². The average molecular weight is 269 g/mol. The Morgan fingerprint density at radius 3 is 2.63 bits per heavy atom. The molecule has 0 amide bonds. The predicted octanol–water partition coefficient (Wildman–Crippen LogP) is 4.67. The molecule has 0 saturated carbocycles. The smallest absolute Gasteiger partial charge is 0.0575 e. The lowest BCUT2D eigenvalue weighted by Gasteiger charge is -2.25. The minimum absolute atomic E-state index is 0.551. The fourth-order valence-corrected chi connectivity index (χ4v) is 2.94. The van der Waals surface area contributed by atoms with Crippen molar-refractivity contribution in [3.63, 3.8) is 0 Å². The minimum atomic E-state index is 0.551. The molecule has 1 saturated heterocycles. The van der Waals surface area contributed by atoms with Gasteiger partial charge in [0.1, 0.15) is 0 Å². The van der Waals surface area contributed by atoms with E-state index in [4.69, 9.17) is 4.74 Å². The summed E-state index contributed by atoms with van der Waals surface area (Å²) in [6.45, 7) is 6.71. The molecular weight excluding hydrogens is 234 g/mol. The molecule has 19 heavy (non-hydrogen) atoms. The van der Waals surface area contributed by atoms with E-state index in [1.54, 1.807) is 0 Å². The first-order chi connectivity index (χ1) is 9.36. The Morgan fingerprint density at radius 1 is 1.05 bits per heavy atom. The van der Waals surface area contributed by atoms with Gasteiger partial charge in [-0.2, -0.15) is 0 Å². The Labute approximate surface area is 120 Å². The van der Waals surface area contributed by atoms with Crippen LogP contribution in [0, 0.1) is 0 Å². The molecule has 1 fully saturated rings. The zero-order valence-electron chi connectivity index (χ0n) is 13.3. The molecule has 0 aromatic heterocycles. The summed E-state index contributed by atoms with van der Waals surface area (Å²) >= 11 is 0. The molecule has 0 radical (unpaired) electrons. The van der Waals surface area contributed by atoms with Gasteiger partial charge in [0.25, 0.3) is 0 Å². The lowest BCUT2D eigenvalue weighted by Crippen LogP contribution is -2.31. The molecule has 1 N–H and O–H groups in total. The molecule has 1 aliphatic heterocycles. The number of hydrogen-bond acceptors (Lipinski definition) is 2. The Balaban J connectivity index is 2.15. The second-order valence-electron chi connectivity index (χ2n) is 6.07. The number of ether oxygens (including phenoxy) is 1. The number of rotatable bonds is 11. The van der Waals surface area contributed by atoms with Crippen LogP contribution in [0.25, 0.3) is 0 Å². The van der Waals surface area contributed by atoms with Crippen LogP contribution in [-0.4, -0.2) is 25.3 Å². The van der Waals surface area contributed by atoms with E-state index in [1.165, 1.54) is 77.2 Å². The summed E-state index contributed by atoms with van der Waals surface area (Å²) in [6, 6.07) is 0.724.